The molecule has 0 aliphatic rings. The van der Waals surface area contributed by atoms with Gasteiger partial charge < -0.3 is 14.8 Å². The first-order chi connectivity index (χ1) is 15.0. The average Bonchev–Trinajstić information content (AvgIpc) is 3.35. The lowest BCUT2D eigenvalue weighted by Crippen LogP contribution is -2.20. The Kier molecular flexibility index (Phi) is 5.78. The highest BCUT2D eigenvalue weighted by Crippen LogP contribution is 2.27. The number of hydrogen-bond acceptors (Lipinski definition) is 7. The summed E-state index contributed by atoms with van der Waals surface area (Å²) in [6, 6.07) is 9.14. The lowest BCUT2D eigenvalue weighted by Gasteiger charge is -2.10. The monoisotopic (exact) mass is 421 g/mol. The lowest BCUT2D eigenvalue weighted by atomic mass is 10.2. The largest absolute Gasteiger partial charge is 0.492 e. The van der Waals surface area contributed by atoms with E-state index in [2.05, 4.69) is 25.5 Å². The van der Waals surface area contributed by atoms with Crippen molar-refractivity contribution in [1.29, 1.82) is 0 Å². The molecule has 0 aliphatic heterocycles. The molecule has 160 valence electrons. The molecule has 3 aromatic heterocycles. The minimum atomic E-state index is -0.295. The van der Waals surface area contributed by atoms with Gasteiger partial charge in [0, 0.05) is 24.5 Å². The zero-order valence-corrected chi connectivity index (χ0v) is 17.6. The molecule has 0 atom stereocenters. The molecule has 1 aromatic carbocycles. The molecule has 10 nitrogen and oxygen atoms in total. The van der Waals surface area contributed by atoms with Gasteiger partial charge in [-0.25, -0.2) is 19.3 Å². The fraction of sp³-hybridized carbons (Fsp3) is 0.286. The molecule has 0 spiro atoms. The zero-order valence-electron chi connectivity index (χ0n) is 17.6. The Hall–Kier alpha value is -3.95. The number of pyridine rings is 1. The van der Waals surface area contributed by atoms with Crippen LogP contribution in [-0.2, 0) is 18.4 Å². The van der Waals surface area contributed by atoms with Gasteiger partial charge in [0.2, 0.25) is 5.88 Å². The van der Waals surface area contributed by atoms with E-state index in [1.807, 2.05) is 32.0 Å². The van der Waals surface area contributed by atoms with Crippen molar-refractivity contribution >= 4 is 22.6 Å². The third-order valence-corrected chi connectivity index (χ3v) is 4.60. The third-order valence-electron chi connectivity index (χ3n) is 4.60. The van der Waals surface area contributed by atoms with Crippen LogP contribution in [0.1, 0.15) is 11.3 Å². The summed E-state index contributed by atoms with van der Waals surface area (Å²) in [6.07, 6.45) is 3.11. The van der Waals surface area contributed by atoms with Gasteiger partial charge in [-0.05, 0) is 37.6 Å². The predicted octanol–water partition coefficient (Wildman–Crippen LogP) is 2.27. The summed E-state index contributed by atoms with van der Waals surface area (Å²) in [7, 11) is 1.80. The number of amides is 1. The number of aryl methyl sites for hydroxylation is 3. The molecule has 0 aliphatic carbocycles. The average molecular weight is 421 g/mol. The number of nitrogens with zero attached hydrogens (tertiary/aromatic N) is 6. The van der Waals surface area contributed by atoms with Gasteiger partial charge in [0.1, 0.15) is 25.0 Å². The van der Waals surface area contributed by atoms with Gasteiger partial charge in [0.15, 0.2) is 12.3 Å². The van der Waals surface area contributed by atoms with E-state index < -0.39 is 0 Å². The molecule has 3 heterocycles. The zero-order chi connectivity index (χ0) is 21.8. The van der Waals surface area contributed by atoms with Crippen LogP contribution < -0.4 is 14.8 Å². The summed E-state index contributed by atoms with van der Waals surface area (Å²) in [5, 5.41) is 12.0. The van der Waals surface area contributed by atoms with Crippen molar-refractivity contribution in [2.75, 3.05) is 18.5 Å². The van der Waals surface area contributed by atoms with E-state index in [0.717, 1.165) is 22.3 Å². The molecule has 31 heavy (non-hydrogen) atoms. The molecule has 1 N–H and O–H groups in total. The minimum absolute atomic E-state index is 0.170. The number of carbonyl (C=O) groups excluding carboxylic acids is 1. The summed E-state index contributed by atoms with van der Waals surface area (Å²) in [6.45, 7) is 4.75. The highest BCUT2D eigenvalue weighted by Gasteiger charge is 2.15. The number of carbonyl (C=O) groups is 1. The van der Waals surface area contributed by atoms with Crippen LogP contribution in [0.5, 0.6) is 11.6 Å². The quantitative estimate of drug-likeness (QED) is 0.465. The maximum atomic E-state index is 12.4. The SMILES string of the molecule is Cc1cc(C)c2c(OCC(=O)Nc3cccc(OCCn4cncn4)c3)nn(C)c2n1. The van der Waals surface area contributed by atoms with Crippen LogP contribution in [0.4, 0.5) is 5.69 Å². The lowest BCUT2D eigenvalue weighted by molar-refractivity contribution is -0.118. The van der Waals surface area contributed by atoms with Crippen molar-refractivity contribution in [3.05, 3.63) is 54.2 Å². The fourth-order valence-electron chi connectivity index (χ4n) is 3.25. The fourth-order valence-corrected chi connectivity index (χ4v) is 3.25. The van der Waals surface area contributed by atoms with Crippen molar-refractivity contribution in [2.45, 2.75) is 20.4 Å². The van der Waals surface area contributed by atoms with E-state index in [9.17, 15) is 4.79 Å². The van der Waals surface area contributed by atoms with E-state index in [4.69, 9.17) is 9.47 Å². The molecule has 0 fully saturated rings. The molecule has 10 heteroatoms. The predicted molar refractivity (Wildman–Crippen MR) is 114 cm³/mol. The third kappa shape index (κ3) is 4.80. The maximum absolute atomic E-state index is 12.4. The van der Waals surface area contributed by atoms with Gasteiger partial charge in [-0.1, -0.05) is 6.07 Å². The molecule has 0 bridgehead atoms. The number of fused-ring (bicyclic) bond motifs is 1. The van der Waals surface area contributed by atoms with Gasteiger partial charge in [0.05, 0.1) is 11.9 Å². The number of nitrogens with one attached hydrogen (secondary N) is 1. The number of aromatic nitrogens is 6. The first kappa shape index (κ1) is 20.3. The first-order valence-corrected chi connectivity index (χ1v) is 9.78. The van der Waals surface area contributed by atoms with Crippen molar-refractivity contribution in [3.8, 4) is 11.6 Å². The van der Waals surface area contributed by atoms with E-state index in [1.54, 1.807) is 34.9 Å². The standard InChI is InChI=1S/C21H23N7O3/c1-14-9-15(2)24-20-19(14)21(26-27(20)3)31-11-18(29)25-16-5-4-6-17(10-16)30-8-7-28-13-22-12-23-28/h4-6,9-10,12-13H,7-8,11H2,1-3H3,(H,25,29). The number of ether oxygens (including phenoxy) is 2. The Morgan fingerprint density at radius 1 is 1.19 bits per heavy atom. The molecule has 0 radical (unpaired) electrons. The van der Waals surface area contributed by atoms with Gasteiger partial charge in [-0.2, -0.15) is 5.10 Å². The second-order valence-electron chi connectivity index (χ2n) is 7.08. The Morgan fingerprint density at radius 2 is 2.06 bits per heavy atom. The summed E-state index contributed by atoms with van der Waals surface area (Å²) in [5.41, 5.74) is 3.25. The van der Waals surface area contributed by atoms with Gasteiger partial charge in [-0.3, -0.25) is 4.79 Å². The van der Waals surface area contributed by atoms with Gasteiger partial charge in [0.25, 0.3) is 5.91 Å². The summed E-state index contributed by atoms with van der Waals surface area (Å²) in [4.78, 5) is 20.8. The molecule has 1 amide bonds. The van der Waals surface area contributed by atoms with E-state index in [-0.39, 0.29) is 12.5 Å². The van der Waals surface area contributed by atoms with E-state index in [1.165, 1.54) is 6.33 Å². The van der Waals surface area contributed by atoms with Crippen LogP contribution in [0.2, 0.25) is 0 Å². The molecule has 0 unspecified atom stereocenters. The minimum Gasteiger partial charge on any atom is -0.492 e. The first-order valence-electron chi connectivity index (χ1n) is 9.78. The highest BCUT2D eigenvalue weighted by molar-refractivity contribution is 5.92. The van der Waals surface area contributed by atoms with Crippen molar-refractivity contribution in [3.63, 3.8) is 0 Å². The number of anilines is 1. The van der Waals surface area contributed by atoms with Gasteiger partial charge >= 0.3 is 0 Å². The number of benzene rings is 1. The smallest absolute Gasteiger partial charge is 0.262 e. The van der Waals surface area contributed by atoms with Crippen LogP contribution in [-0.4, -0.2) is 48.6 Å². The number of hydrogen-bond donors (Lipinski definition) is 1. The van der Waals surface area contributed by atoms with Crippen molar-refractivity contribution in [1.82, 2.24) is 29.5 Å². The molecule has 4 rings (SSSR count). The molecular weight excluding hydrogens is 398 g/mol. The topological polar surface area (TPSA) is 109 Å². The van der Waals surface area contributed by atoms with Gasteiger partial charge in [-0.15, -0.1) is 5.10 Å². The van der Waals surface area contributed by atoms with Crippen LogP contribution in [0.3, 0.4) is 0 Å². The Balaban J connectivity index is 1.34. The summed E-state index contributed by atoms with van der Waals surface area (Å²) in [5.74, 6) is 0.741. The summed E-state index contributed by atoms with van der Waals surface area (Å²) < 4.78 is 14.8. The molecule has 0 saturated carbocycles. The van der Waals surface area contributed by atoms with Crippen LogP contribution in [0, 0.1) is 13.8 Å². The number of rotatable bonds is 8. The second-order valence-corrected chi connectivity index (χ2v) is 7.08. The van der Waals surface area contributed by atoms with Crippen molar-refractivity contribution < 1.29 is 14.3 Å². The van der Waals surface area contributed by atoms with Crippen LogP contribution in [0.25, 0.3) is 11.0 Å². The van der Waals surface area contributed by atoms with E-state index in [0.29, 0.717) is 30.5 Å². The highest BCUT2D eigenvalue weighted by atomic mass is 16.5. The second kappa shape index (κ2) is 8.82. The molecule has 4 aromatic rings. The molecule has 0 saturated heterocycles. The Bertz CT molecular complexity index is 1200. The Morgan fingerprint density at radius 3 is 2.87 bits per heavy atom. The van der Waals surface area contributed by atoms with E-state index >= 15 is 0 Å². The summed E-state index contributed by atoms with van der Waals surface area (Å²) >= 11 is 0. The Labute approximate surface area is 178 Å². The van der Waals surface area contributed by atoms with Crippen LogP contribution in [0.15, 0.2) is 43.0 Å². The normalized spacial score (nSPS) is 10.9. The van der Waals surface area contributed by atoms with Crippen LogP contribution >= 0.6 is 0 Å². The van der Waals surface area contributed by atoms with Crippen molar-refractivity contribution in [2.24, 2.45) is 7.05 Å². The maximum Gasteiger partial charge on any atom is 0.262 e. The molecular formula is C21H23N7O3.